The molecule has 1 saturated heterocycles. The van der Waals surface area contributed by atoms with Crippen LogP contribution < -0.4 is 10.0 Å². The molecule has 1 atom stereocenters. The Hall–Kier alpha value is -0.970. The van der Waals surface area contributed by atoms with Gasteiger partial charge in [0, 0.05) is 18.2 Å². The predicted octanol–water partition coefficient (Wildman–Crippen LogP) is -0.625. The van der Waals surface area contributed by atoms with Gasteiger partial charge in [0.05, 0.1) is 17.7 Å². The number of aromatic nitrogens is 2. The van der Waals surface area contributed by atoms with Crippen molar-refractivity contribution in [3.05, 3.63) is 11.8 Å². The van der Waals surface area contributed by atoms with Crippen LogP contribution in [0, 0.1) is 0 Å². The Morgan fingerprint density at radius 3 is 2.86 bits per heavy atom. The summed E-state index contributed by atoms with van der Waals surface area (Å²) >= 11 is 0. The van der Waals surface area contributed by atoms with Gasteiger partial charge in [-0.3, -0.25) is 5.10 Å². The molecule has 0 bridgehead atoms. The Morgan fingerprint density at radius 2 is 2.24 bits per heavy atom. The number of hydrogen-bond acceptors (Lipinski definition) is 6. The molecule has 0 aromatic carbocycles. The molecule has 10 heteroatoms. The van der Waals surface area contributed by atoms with Gasteiger partial charge in [-0.25, -0.2) is 21.6 Å². The minimum absolute atomic E-state index is 0.00426. The van der Waals surface area contributed by atoms with Gasteiger partial charge in [-0.05, 0) is 19.4 Å². The number of H-pyrrole nitrogens is 1. The first kappa shape index (κ1) is 16.4. The van der Waals surface area contributed by atoms with Crippen molar-refractivity contribution in [1.29, 1.82) is 0 Å². The van der Waals surface area contributed by atoms with Gasteiger partial charge in [-0.15, -0.1) is 0 Å². The highest BCUT2D eigenvalue weighted by molar-refractivity contribution is 7.92. The lowest BCUT2D eigenvalue weighted by atomic mass is 10.3. The van der Waals surface area contributed by atoms with E-state index in [1.807, 2.05) is 6.92 Å². The van der Waals surface area contributed by atoms with Crippen molar-refractivity contribution in [3.8, 4) is 0 Å². The summed E-state index contributed by atoms with van der Waals surface area (Å²) in [7, 11) is -6.92. The number of sulfone groups is 1. The zero-order chi connectivity index (χ0) is 15.5. The lowest BCUT2D eigenvalue weighted by molar-refractivity contribution is 0.555. The summed E-state index contributed by atoms with van der Waals surface area (Å²) in [4.78, 5) is 0. The van der Waals surface area contributed by atoms with Crippen molar-refractivity contribution < 1.29 is 16.8 Å². The zero-order valence-corrected chi connectivity index (χ0v) is 13.4. The van der Waals surface area contributed by atoms with Gasteiger partial charge >= 0.3 is 0 Å². The summed E-state index contributed by atoms with van der Waals surface area (Å²) in [5.74, 6) is -0.127. The fraction of sp³-hybridized carbons (Fsp3) is 0.727. The van der Waals surface area contributed by atoms with Crippen LogP contribution in [-0.2, 0) is 26.4 Å². The Bertz CT molecular complexity index is 681. The third-order valence-corrected chi connectivity index (χ3v) is 6.55. The predicted molar refractivity (Wildman–Crippen MR) is 78.0 cm³/mol. The van der Waals surface area contributed by atoms with Crippen LogP contribution in [0.2, 0.25) is 0 Å². The van der Waals surface area contributed by atoms with Crippen LogP contribution in [0.4, 0.5) is 0 Å². The highest BCUT2D eigenvalue weighted by Crippen LogP contribution is 2.17. The first-order valence-corrected chi connectivity index (χ1v) is 10.1. The van der Waals surface area contributed by atoms with Crippen LogP contribution in [0.15, 0.2) is 11.2 Å². The van der Waals surface area contributed by atoms with Crippen molar-refractivity contribution in [1.82, 2.24) is 20.2 Å². The third-order valence-electron chi connectivity index (χ3n) is 3.24. The van der Waals surface area contributed by atoms with E-state index in [0.29, 0.717) is 18.5 Å². The molecular formula is C11H20N4O4S2. The minimum Gasteiger partial charge on any atom is -0.313 e. The largest absolute Gasteiger partial charge is 0.313 e. The molecule has 0 aliphatic carbocycles. The second kappa shape index (κ2) is 6.42. The first-order valence-electron chi connectivity index (χ1n) is 6.80. The smallest absolute Gasteiger partial charge is 0.258 e. The molecule has 1 unspecified atom stereocenters. The van der Waals surface area contributed by atoms with Crippen LogP contribution >= 0.6 is 0 Å². The molecule has 2 heterocycles. The van der Waals surface area contributed by atoms with E-state index >= 15 is 0 Å². The van der Waals surface area contributed by atoms with E-state index in [4.69, 9.17) is 0 Å². The van der Waals surface area contributed by atoms with E-state index in [0.717, 1.165) is 13.0 Å². The van der Waals surface area contributed by atoms with Crippen LogP contribution in [-0.4, -0.2) is 51.1 Å². The van der Waals surface area contributed by atoms with E-state index in [1.165, 1.54) is 6.20 Å². The number of rotatable bonds is 7. The summed E-state index contributed by atoms with van der Waals surface area (Å²) in [5, 5.41) is 9.35. The van der Waals surface area contributed by atoms with E-state index < -0.39 is 25.9 Å². The van der Waals surface area contributed by atoms with Gasteiger partial charge in [0.15, 0.2) is 14.9 Å². The molecule has 3 N–H and O–H groups in total. The Labute approximate surface area is 124 Å². The Kier molecular flexibility index (Phi) is 5.02. The van der Waals surface area contributed by atoms with Crippen molar-refractivity contribution >= 4 is 19.9 Å². The van der Waals surface area contributed by atoms with Gasteiger partial charge in [0.1, 0.15) is 0 Å². The monoisotopic (exact) mass is 336 g/mol. The molecule has 8 nitrogen and oxygen atoms in total. The highest BCUT2D eigenvalue weighted by Gasteiger charge is 2.32. The number of hydrogen-bond donors (Lipinski definition) is 3. The van der Waals surface area contributed by atoms with E-state index in [-0.39, 0.29) is 16.5 Å². The Balaban J connectivity index is 2.08. The average Bonchev–Trinajstić information content (AvgIpc) is 2.96. The summed E-state index contributed by atoms with van der Waals surface area (Å²) in [6, 6.07) is -0.570. The van der Waals surface area contributed by atoms with Crippen LogP contribution in [0.25, 0.3) is 0 Å². The molecule has 1 fully saturated rings. The summed E-state index contributed by atoms with van der Waals surface area (Å²) in [6.07, 6.45) is 2.71. The van der Waals surface area contributed by atoms with Crippen molar-refractivity contribution in [2.45, 2.75) is 37.4 Å². The van der Waals surface area contributed by atoms with E-state index in [1.54, 1.807) is 0 Å². The van der Waals surface area contributed by atoms with Crippen molar-refractivity contribution in [3.63, 3.8) is 0 Å². The van der Waals surface area contributed by atoms with Crippen molar-refractivity contribution in [2.24, 2.45) is 0 Å². The molecular weight excluding hydrogens is 316 g/mol. The molecule has 21 heavy (non-hydrogen) atoms. The lowest BCUT2D eigenvalue weighted by Gasteiger charge is -2.11. The average molecular weight is 336 g/mol. The molecule has 1 aliphatic heterocycles. The van der Waals surface area contributed by atoms with Crippen molar-refractivity contribution in [2.75, 3.05) is 18.1 Å². The highest BCUT2D eigenvalue weighted by atomic mass is 32.2. The SMILES string of the molecule is CCCNCc1cn[nH]c1S(=O)(=O)NC1CCS(=O)(=O)C1. The molecule has 0 amide bonds. The topological polar surface area (TPSA) is 121 Å². The molecule has 120 valence electrons. The van der Waals surface area contributed by atoms with Crippen LogP contribution in [0.5, 0.6) is 0 Å². The third kappa shape index (κ3) is 4.25. The summed E-state index contributed by atoms with van der Waals surface area (Å²) in [6.45, 7) is 3.19. The Morgan fingerprint density at radius 1 is 1.48 bits per heavy atom. The molecule has 0 spiro atoms. The normalized spacial score (nSPS) is 21.7. The second-order valence-electron chi connectivity index (χ2n) is 5.12. The van der Waals surface area contributed by atoms with Crippen LogP contribution in [0.3, 0.4) is 0 Å². The van der Waals surface area contributed by atoms with Gasteiger partial charge in [0.2, 0.25) is 0 Å². The first-order chi connectivity index (χ1) is 9.84. The molecule has 2 rings (SSSR count). The lowest BCUT2D eigenvalue weighted by Crippen LogP contribution is -2.36. The number of sulfonamides is 1. The number of nitrogens with one attached hydrogen (secondary N) is 3. The molecule has 1 aromatic heterocycles. The molecule has 0 radical (unpaired) electrons. The fourth-order valence-electron chi connectivity index (χ4n) is 2.22. The number of nitrogens with zero attached hydrogens (tertiary/aromatic N) is 1. The van der Waals surface area contributed by atoms with E-state index in [2.05, 4.69) is 20.2 Å². The molecule has 1 aromatic rings. The molecule has 1 aliphatic rings. The van der Waals surface area contributed by atoms with Gasteiger partial charge in [-0.1, -0.05) is 6.92 Å². The minimum atomic E-state index is -3.79. The van der Waals surface area contributed by atoms with Gasteiger partial charge < -0.3 is 5.32 Å². The maximum atomic E-state index is 12.3. The quantitative estimate of drug-likeness (QED) is 0.570. The maximum Gasteiger partial charge on any atom is 0.258 e. The zero-order valence-electron chi connectivity index (χ0n) is 11.8. The summed E-state index contributed by atoms with van der Waals surface area (Å²) < 4.78 is 49.8. The molecule has 0 saturated carbocycles. The standard InChI is InChI=1S/C11H20N4O4S2/c1-2-4-12-6-9-7-13-14-11(9)21(18,19)15-10-3-5-20(16,17)8-10/h7,10,12,15H,2-6,8H2,1H3,(H,13,14). The van der Waals surface area contributed by atoms with E-state index in [9.17, 15) is 16.8 Å². The number of aromatic amines is 1. The van der Waals surface area contributed by atoms with Gasteiger partial charge in [-0.2, -0.15) is 5.10 Å². The fourth-order valence-corrected chi connectivity index (χ4v) is 5.40. The van der Waals surface area contributed by atoms with Gasteiger partial charge in [0.25, 0.3) is 10.0 Å². The second-order valence-corrected chi connectivity index (χ2v) is 9.00. The van der Waals surface area contributed by atoms with Crippen LogP contribution in [0.1, 0.15) is 25.3 Å². The summed E-state index contributed by atoms with van der Waals surface area (Å²) in [5.41, 5.74) is 0.539. The maximum absolute atomic E-state index is 12.3.